The molecule has 4 amide bonds. The highest BCUT2D eigenvalue weighted by atomic mass is 19.1. The Morgan fingerprint density at radius 2 is 1.87 bits per heavy atom. The number of amides is 4. The fourth-order valence-electron chi connectivity index (χ4n) is 4.25. The first kappa shape index (κ1) is 22.7. The number of carbonyl (C=O) groups excluding carboxylic acids is 4. The number of rotatable bonds is 5. The Morgan fingerprint density at radius 3 is 2.48 bits per heavy atom. The molecule has 1 aromatic rings. The monoisotopic (exact) mass is 433 g/mol. The summed E-state index contributed by atoms with van der Waals surface area (Å²) in [5, 5.41) is 12.1. The highest BCUT2D eigenvalue weighted by Crippen LogP contribution is 2.32. The molecule has 8 nitrogen and oxygen atoms in total. The van der Waals surface area contributed by atoms with E-state index in [9.17, 15) is 28.7 Å². The molecule has 0 radical (unpaired) electrons. The average Bonchev–Trinajstić information content (AvgIpc) is 3.29. The minimum atomic E-state index is -1.00. The van der Waals surface area contributed by atoms with E-state index >= 15 is 0 Å². The number of nitrogens with zero attached hydrogens (tertiary/aromatic N) is 2. The molecule has 3 rings (SSSR count). The van der Waals surface area contributed by atoms with Crippen LogP contribution in [-0.4, -0.2) is 63.7 Å². The molecule has 0 bridgehead atoms. The number of phenolic OH excluding ortho intramolecular Hbond substituents is 1. The number of likely N-dealkylation sites (tertiary alicyclic amines) is 2. The Labute approximate surface area is 180 Å². The second kappa shape index (κ2) is 8.64. The molecule has 31 heavy (non-hydrogen) atoms. The molecule has 168 valence electrons. The smallest absolute Gasteiger partial charge is 0.254 e. The third-order valence-electron chi connectivity index (χ3n) is 5.78. The van der Waals surface area contributed by atoms with Crippen LogP contribution in [-0.2, 0) is 14.4 Å². The lowest BCUT2D eigenvalue weighted by atomic mass is 9.84. The first-order chi connectivity index (χ1) is 14.5. The van der Waals surface area contributed by atoms with Gasteiger partial charge in [0.2, 0.25) is 17.7 Å². The summed E-state index contributed by atoms with van der Waals surface area (Å²) in [5.74, 6) is -3.32. The lowest BCUT2D eigenvalue weighted by Gasteiger charge is -2.39. The van der Waals surface area contributed by atoms with Gasteiger partial charge in [-0.3, -0.25) is 24.1 Å². The number of imide groups is 1. The third-order valence-corrected chi connectivity index (χ3v) is 5.78. The van der Waals surface area contributed by atoms with Gasteiger partial charge in [-0.05, 0) is 30.4 Å². The van der Waals surface area contributed by atoms with Crippen LogP contribution in [0.5, 0.6) is 5.75 Å². The van der Waals surface area contributed by atoms with E-state index in [0.29, 0.717) is 19.4 Å². The fraction of sp³-hybridized carbons (Fsp3) is 0.545. The zero-order valence-corrected chi connectivity index (χ0v) is 18.0. The van der Waals surface area contributed by atoms with Crippen LogP contribution in [0.4, 0.5) is 4.39 Å². The average molecular weight is 433 g/mol. The number of benzene rings is 1. The molecule has 2 heterocycles. The number of hydrogen-bond acceptors (Lipinski definition) is 5. The van der Waals surface area contributed by atoms with Crippen LogP contribution in [0.1, 0.15) is 56.8 Å². The summed E-state index contributed by atoms with van der Waals surface area (Å²) in [7, 11) is 0. The minimum Gasteiger partial charge on any atom is -0.505 e. The zero-order chi connectivity index (χ0) is 22.9. The molecular weight excluding hydrogens is 405 g/mol. The quantitative estimate of drug-likeness (QED) is 0.689. The van der Waals surface area contributed by atoms with E-state index in [0.717, 1.165) is 11.0 Å². The van der Waals surface area contributed by atoms with Crippen LogP contribution in [0.2, 0.25) is 0 Å². The van der Waals surface area contributed by atoms with Crippen LogP contribution in [0.3, 0.4) is 0 Å². The summed E-state index contributed by atoms with van der Waals surface area (Å²) in [6.07, 6.45) is 1.56. The van der Waals surface area contributed by atoms with Gasteiger partial charge < -0.3 is 15.3 Å². The van der Waals surface area contributed by atoms with Crippen molar-refractivity contribution in [1.29, 1.82) is 0 Å². The Kier molecular flexibility index (Phi) is 6.33. The first-order valence-corrected chi connectivity index (χ1v) is 10.4. The summed E-state index contributed by atoms with van der Waals surface area (Å²) in [4.78, 5) is 53.2. The maximum atomic E-state index is 14.0. The van der Waals surface area contributed by atoms with Crippen molar-refractivity contribution < 1.29 is 28.7 Å². The highest BCUT2D eigenvalue weighted by molar-refractivity contribution is 6.06. The van der Waals surface area contributed by atoms with Crippen molar-refractivity contribution in [1.82, 2.24) is 15.1 Å². The number of hydrogen-bond donors (Lipinski definition) is 2. The van der Waals surface area contributed by atoms with Gasteiger partial charge in [-0.15, -0.1) is 0 Å². The van der Waals surface area contributed by atoms with Gasteiger partial charge in [0.25, 0.3) is 5.91 Å². The van der Waals surface area contributed by atoms with Crippen molar-refractivity contribution >= 4 is 23.6 Å². The summed E-state index contributed by atoms with van der Waals surface area (Å²) < 4.78 is 14.0. The van der Waals surface area contributed by atoms with E-state index in [-0.39, 0.29) is 48.7 Å². The molecule has 1 aromatic carbocycles. The van der Waals surface area contributed by atoms with E-state index in [2.05, 4.69) is 5.32 Å². The standard InChI is InChI=1S/C22H28FN3O5/c1-22(2,3)19(26-16(28)9-10-17(26)29)21(31)25-11-5-6-13(25)12-24-20(30)14-7-4-8-15(27)18(14)23/h4,7-8,13,19,27H,5-6,9-12H2,1-3H3,(H,24,30)/t13-,19?/m1/s1. The second-order valence-corrected chi connectivity index (χ2v) is 9.10. The molecule has 2 aliphatic heterocycles. The van der Waals surface area contributed by atoms with Crippen LogP contribution in [0, 0.1) is 11.2 Å². The molecular formula is C22H28FN3O5. The van der Waals surface area contributed by atoms with E-state index in [1.807, 2.05) is 20.8 Å². The van der Waals surface area contributed by atoms with Crippen LogP contribution >= 0.6 is 0 Å². The first-order valence-electron chi connectivity index (χ1n) is 10.4. The molecule has 2 saturated heterocycles. The third kappa shape index (κ3) is 4.55. The van der Waals surface area contributed by atoms with Crippen molar-refractivity contribution in [3.8, 4) is 5.75 Å². The van der Waals surface area contributed by atoms with Gasteiger partial charge in [0, 0.05) is 32.0 Å². The van der Waals surface area contributed by atoms with E-state index in [1.165, 1.54) is 12.1 Å². The molecule has 0 aromatic heterocycles. The summed E-state index contributed by atoms with van der Waals surface area (Å²) >= 11 is 0. The van der Waals surface area contributed by atoms with Crippen molar-refractivity contribution in [3.05, 3.63) is 29.6 Å². The largest absolute Gasteiger partial charge is 0.505 e. The van der Waals surface area contributed by atoms with Gasteiger partial charge in [-0.1, -0.05) is 26.8 Å². The molecule has 2 fully saturated rings. The number of carbonyl (C=O) groups is 4. The molecule has 0 saturated carbocycles. The van der Waals surface area contributed by atoms with E-state index < -0.39 is 28.9 Å². The van der Waals surface area contributed by atoms with Crippen molar-refractivity contribution in [2.45, 2.75) is 58.5 Å². The fourth-order valence-corrected chi connectivity index (χ4v) is 4.25. The van der Waals surface area contributed by atoms with Gasteiger partial charge in [-0.25, -0.2) is 4.39 Å². The molecule has 2 atom stereocenters. The van der Waals surface area contributed by atoms with Crippen LogP contribution in [0.25, 0.3) is 0 Å². The van der Waals surface area contributed by atoms with Gasteiger partial charge in [-0.2, -0.15) is 0 Å². The molecule has 9 heteroatoms. The topological polar surface area (TPSA) is 107 Å². The Bertz CT molecular complexity index is 895. The van der Waals surface area contributed by atoms with Crippen LogP contribution in [0.15, 0.2) is 18.2 Å². The summed E-state index contributed by atoms with van der Waals surface area (Å²) in [6, 6.07) is 2.53. The summed E-state index contributed by atoms with van der Waals surface area (Å²) in [5.41, 5.74) is -0.940. The van der Waals surface area contributed by atoms with Gasteiger partial charge in [0.1, 0.15) is 6.04 Å². The molecule has 2 N–H and O–H groups in total. The predicted octanol–water partition coefficient (Wildman–Crippen LogP) is 1.82. The van der Waals surface area contributed by atoms with Gasteiger partial charge in [0.15, 0.2) is 11.6 Å². The molecule has 0 aliphatic carbocycles. The minimum absolute atomic E-state index is 0.0957. The van der Waals surface area contributed by atoms with E-state index in [1.54, 1.807) is 4.90 Å². The molecule has 2 aliphatic rings. The van der Waals surface area contributed by atoms with Gasteiger partial charge in [0.05, 0.1) is 5.56 Å². The lowest BCUT2D eigenvalue weighted by Crippen LogP contribution is -2.58. The number of halogens is 1. The Balaban J connectivity index is 1.74. The number of phenols is 1. The second-order valence-electron chi connectivity index (χ2n) is 9.10. The number of aromatic hydroxyl groups is 1. The maximum Gasteiger partial charge on any atom is 0.254 e. The SMILES string of the molecule is CC(C)(C)C(C(=O)N1CCC[C@@H]1CNC(=O)c1cccc(O)c1F)N1C(=O)CCC1=O. The molecule has 1 unspecified atom stereocenters. The zero-order valence-electron chi connectivity index (χ0n) is 18.0. The Morgan fingerprint density at radius 1 is 1.23 bits per heavy atom. The van der Waals surface area contributed by atoms with Crippen molar-refractivity contribution in [2.75, 3.05) is 13.1 Å². The van der Waals surface area contributed by atoms with Crippen molar-refractivity contribution in [3.63, 3.8) is 0 Å². The van der Waals surface area contributed by atoms with Crippen molar-refractivity contribution in [2.24, 2.45) is 5.41 Å². The van der Waals surface area contributed by atoms with Crippen LogP contribution < -0.4 is 5.32 Å². The highest BCUT2D eigenvalue weighted by Gasteiger charge is 2.47. The lowest BCUT2D eigenvalue weighted by molar-refractivity contribution is -0.155. The summed E-state index contributed by atoms with van der Waals surface area (Å²) in [6.45, 7) is 5.98. The number of nitrogens with one attached hydrogen (secondary N) is 1. The Hall–Kier alpha value is -2.97. The maximum absolute atomic E-state index is 14.0. The normalized spacial score (nSPS) is 20.3. The van der Waals surface area contributed by atoms with E-state index in [4.69, 9.17) is 0 Å². The molecule has 0 spiro atoms. The predicted molar refractivity (Wildman–Crippen MR) is 109 cm³/mol. The van der Waals surface area contributed by atoms with Gasteiger partial charge >= 0.3 is 0 Å².